The van der Waals surface area contributed by atoms with Crippen molar-refractivity contribution in [3.8, 4) is 0 Å². The molecule has 0 spiro atoms. The molecule has 2 aromatic rings. The lowest BCUT2D eigenvalue weighted by atomic mass is 10.0. The highest BCUT2D eigenvalue weighted by molar-refractivity contribution is 5.90. The van der Waals surface area contributed by atoms with Crippen molar-refractivity contribution in [1.82, 2.24) is 20.3 Å². The number of amides is 1. The van der Waals surface area contributed by atoms with E-state index >= 15 is 0 Å². The number of piperidine rings is 1. The van der Waals surface area contributed by atoms with E-state index in [9.17, 15) is 9.18 Å². The summed E-state index contributed by atoms with van der Waals surface area (Å²) in [5.74, 6) is -0.0959. The van der Waals surface area contributed by atoms with Crippen LogP contribution in [-0.4, -0.2) is 51.7 Å². The molecule has 0 radical (unpaired) electrons. The minimum Gasteiger partial charge on any atom is -0.365 e. The maximum absolute atomic E-state index is 13.8. The summed E-state index contributed by atoms with van der Waals surface area (Å²) in [5, 5.41) is 11.8. The number of nitrogens with one attached hydrogen (secondary N) is 2. The summed E-state index contributed by atoms with van der Waals surface area (Å²) in [5.41, 5.74) is 2.79. The van der Waals surface area contributed by atoms with Gasteiger partial charge in [-0.25, -0.2) is 14.9 Å². The highest BCUT2D eigenvalue weighted by Gasteiger charge is 2.20. The highest BCUT2D eigenvalue weighted by atomic mass is 35.5. The Morgan fingerprint density at radius 3 is 2.77 bits per heavy atom. The van der Waals surface area contributed by atoms with Crippen LogP contribution in [0.3, 0.4) is 0 Å². The highest BCUT2D eigenvalue weighted by Crippen LogP contribution is 2.16. The lowest BCUT2D eigenvalue weighted by Crippen LogP contribution is -2.43. The molecule has 2 heterocycles. The van der Waals surface area contributed by atoms with Gasteiger partial charge in [-0.15, -0.1) is 24.8 Å². The molecule has 1 amide bonds. The van der Waals surface area contributed by atoms with Gasteiger partial charge in [0, 0.05) is 25.2 Å². The van der Waals surface area contributed by atoms with Crippen molar-refractivity contribution in [3.63, 3.8) is 0 Å². The number of hydrogen-bond donors (Lipinski definition) is 3. The molecule has 3 N–H and O–H groups in total. The molecule has 1 aromatic carbocycles. The fourth-order valence-corrected chi connectivity index (χ4v) is 3.26. The van der Waals surface area contributed by atoms with Gasteiger partial charge < -0.3 is 10.2 Å². The van der Waals surface area contributed by atoms with Crippen molar-refractivity contribution in [2.45, 2.75) is 25.3 Å². The molecular formula is C20H26Cl2FN5O2. The van der Waals surface area contributed by atoms with E-state index in [2.05, 4.69) is 20.2 Å². The third kappa shape index (κ3) is 7.87. The molecule has 1 saturated heterocycles. The number of nitrogens with zero attached hydrogens (tertiary/aromatic N) is 3. The van der Waals surface area contributed by atoms with E-state index in [0.29, 0.717) is 17.9 Å². The molecule has 0 aliphatic carbocycles. The molecule has 3 rings (SSSR count). The van der Waals surface area contributed by atoms with Crippen LogP contribution in [0, 0.1) is 5.82 Å². The molecule has 1 atom stereocenters. The zero-order valence-electron chi connectivity index (χ0n) is 16.3. The number of carbonyl (C=O) groups is 1. The lowest BCUT2D eigenvalue weighted by Gasteiger charge is -2.33. The van der Waals surface area contributed by atoms with Crippen molar-refractivity contribution in [2.75, 3.05) is 25.0 Å². The fourth-order valence-electron chi connectivity index (χ4n) is 3.26. The first-order chi connectivity index (χ1) is 13.6. The average molecular weight is 458 g/mol. The molecule has 1 fully saturated rings. The van der Waals surface area contributed by atoms with Crippen LogP contribution in [0.1, 0.15) is 24.1 Å². The standard InChI is InChI=1S/C20H24FN5O2.2ClH/c21-18-6-2-1-4-15(18)9-11-26-10-3-5-17(14-26)24-19-13-22-16(12-23-19)7-8-20(27)25-28;;/h1-2,4,6-8,12-13,17,28H,3,5,9-11,14H2,(H,23,24)(H,25,27);2*1H/t17-;;/m1../s1. The molecule has 1 aromatic heterocycles. The second kappa shape index (κ2) is 13.1. The second-order valence-corrected chi connectivity index (χ2v) is 6.76. The van der Waals surface area contributed by atoms with Crippen LogP contribution in [-0.2, 0) is 11.2 Å². The smallest absolute Gasteiger partial charge is 0.267 e. The van der Waals surface area contributed by atoms with Gasteiger partial charge in [-0.05, 0) is 43.5 Å². The molecule has 10 heteroatoms. The van der Waals surface area contributed by atoms with Crippen molar-refractivity contribution >= 4 is 42.6 Å². The van der Waals surface area contributed by atoms with Crippen LogP contribution in [0.25, 0.3) is 6.08 Å². The Balaban J connectivity index is 0.00000225. The topological polar surface area (TPSA) is 90.4 Å². The molecule has 0 saturated carbocycles. The number of halogens is 3. The largest absolute Gasteiger partial charge is 0.365 e. The molecule has 0 unspecified atom stereocenters. The third-order valence-corrected chi connectivity index (χ3v) is 4.70. The maximum Gasteiger partial charge on any atom is 0.267 e. The monoisotopic (exact) mass is 457 g/mol. The number of aromatic nitrogens is 2. The lowest BCUT2D eigenvalue weighted by molar-refractivity contribution is -0.124. The maximum atomic E-state index is 13.8. The number of likely N-dealkylation sites (tertiary alicyclic amines) is 1. The number of carbonyl (C=O) groups excluding carboxylic acids is 1. The van der Waals surface area contributed by atoms with Crippen LogP contribution >= 0.6 is 24.8 Å². The normalized spacial score (nSPS) is 16.4. The summed E-state index contributed by atoms with van der Waals surface area (Å²) in [6.45, 7) is 2.70. The first-order valence-electron chi connectivity index (χ1n) is 9.30. The van der Waals surface area contributed by atoms with Gasteiger partial charge in [-0.2, -0.15) is 0 Å². The summed E-state index contributed by atoms with van der Waals surface area (Å²) in [4.78, 5) is 21.9. The van der Waals surface area contributed by atoms with Gasteiger partial charge >= 0.3 is 0 Å². The molecule has 30 heavy (non-hydrogen) atoms. The van der Waals surface area contributed by atoms with E-state index < -0.39 is 5.91 Å². The predicted octanol–water partition coefficient (Wildman–Crippen LogP) is 3.10. The molecule has 0 bridgehead atoms. The number of benzene rings is 1. The Bertz CT molecular complexity index is 823. The van der Waals surface area contributed by atoms with Gasteiger partial charge in [0.25, 0.3) is 5.91 Å². The minimum absolute atomic E-state index is 0. The van der Waals surface area contributed by atoms with Gasteiger partial charge in [0.05, 0.1) is 18.1 Å². The minimum atomic E-state index is -0.623. The molecular weight excluding hydrogens is 432 g/mol. The van der Waals surface area contributed by atoms with E-state index in [-0.39, 0.29) is 36.7 Å². The molecule has 1 aliphatic heterocycles. The molecule has 7 nitrogen and oxygen atoms in total. The summed E-state index contributed by atoms with van der Waals surface area (Å²) in [6.07, 6.45) is 8.62. The van der Waals surface area contributed by atoms with E-state index in [1.807, 2.05) is 12.1 Å². The SMILES string of the molecule is Cl.Cl.O=C(C=Cc1cnc(N[C@@H]2CCCN(CCc3ccccc3F)C2)cn1)NO. The van der Waals surface area contributed by atoms with Crippen LogP contribution in [0.4, 0.5) is 10.2 Å². The molecule has 1 aliphatic rings. The van der Waals surface area contributed by atoms with Crippen LogP contribution < -0.4 is 10.8 Å². The van der Waals surface area contributed by atoms with E-state index in [1.54, 1.807) is 18.5 Å². The zero-order chi connectivity index (χ0) is 19.8. The van der Waals surface area contributed by atoms with Crippen molar-refractivity contribution in [1.29, 1.82) is 0 Å². The van der Waals surface area contributed by atoms with Crippen molar-refractivity contribution in [3.05, 3.63) is 59.8 Å². The van der Waals surface area contributed by atoms with Gasteiger partial charge in [-0.3, -0.25) is 15.0 Å². The van der Waals surface area contributed by atoms with Crippen molar-refractivity contribution < 1.29 is 14.4 Å². The van der Waals surface area contributed by atoms with E-state index in [4.69, 9.17) is 5.21 Å². The Labute approximate surface area is 187 Å². The van der Waals surface area contributed by atoms with Gasteiger partial charge in [0.15, 0.2) is 0 Å². The number of rotatable bonds is 7. The van der Waals surface area contributed by atoms with E-state index in [1.165, 1.54) is 23.7 Å². The summed E-state index contributed by atoms with van der Waals surface area (Å²) in [6, 6.07) is 7.18. The Kier molecular flexibility index (Phi) is 11.3. The number of hydroxylamine groups is 1. The summed E-state index contributed by atoms with van der Waals surface area (Å²) < 4.78 is 13.8. The van der Waals surface area contributed by atoms with Crippen LogP contribution in [0.5, 0.6) is 0 Å². The van der Waals surface area contributed by atoms with Gasteiger partial charge in [0.1, 0.15) is 11.6 Å². The summed E-state index contributed by atoms with van der Waals surface area (Å²) in [7, 11) is 0. The second-order valence-electron chi connectivity index (χ2n) is 6.76. The number of anilines is 1. The summed E-state index contributed by atoms with van der Waals surface area (Å²) >= 11 is 0. The van der Waals surface area contributed by atoms with Gasteiger partial charge in [0.2, 0.25) is 0 Å². The van der Waals surface area contributed by atoms with Gasteiger partial charge in [-0.1, -0.05) is 18.2 Å². The third-order valence-electron chi connectivity index (χ3n) is 4.70. The first-order valence-corrected chi connectivity index (χ1v) is 9.30. The Morgan fingerprint density at radius 1 is 1.27 bits per heavy atom. The average Bonchev–Trinajstić information content (AvgIpc) is 2.73. The van der Waals surface area contributed by atoms with Crippen molar-refractivity contribution in [2.24, 2.45) is 0 Å². The molecule has 164 valence electrons. The number of hydrogen-bond acceptors (Lipinski definition) is 6. The van der Waals surface area contributed by atoms with Crippen LogP contribution in [0.15, 0.2) is 42.7 Å². The first kappa shape index (κ1) is 25.8. The fraction of sp³-hybridized carbons (Fsp3) is 0.350. The Hall–Kier alpha value is -2.26. The van der Waals surface area contributed by atoms with Crippen LogP contribution in [0.2, 0.25) is 0 Å². The Morgan fingerprint density at radius 2 is 2.07 bits per heavy atom. The zero-order valence-corrected chi connectivity index (χ0v) is 18.0. The predicted molar refractivity (Wildman–Crippen MR) is 119 cm³/mol. The quantitative estimate of drug-likeness (QED) is 0.336. The van der Waals surface area contributed by atoms with E-state index in [0.717, 1.165) is 38.0 Å².